The van der Waals surface area contributed by atoms with E-state index in [0.29, 0.717) is 17.3 Å². The Hall–Kier alpha value is -2.56. The van der Waals surface area contributed by atoms with Crippen LogP contribution in [-0.4, -0.2) is 23.6 Å². The first-order valence-electron chi connectivity index (χ1n) is 7.75. The van der Waals surface area contributed by atoms with Crippen LogP contribution < -0.4 is 5.32 Å². The van der Waals surface area contributed by atoms with Crippen LogP contribution >= 0.6 is 11.8 Å². The van der Waals surface area contributed by atoms with Crippen LogP contribution in [0, 0.1) is 18.8 Å². The van der Waals surface area contributed by atoms with E-state index in [1.807, 2.05) is 25.1 Å². The van der Waals surface area contributed by atoms with Crippen molar-refractivity contribution in [3.8, 4) is 11.8 Å². The normalized spacial score (nSPS) is 19.6. The number of hydrogen-bond acceptors (Lipinski definition) is 5. The molecule has 1 aliphatic rings. The minimum atomic E-state index is -4.13. The number of thioether (sulfide) groups is 1. The van der Waals surface area contributed by atoms with Crippen LogP contribution in [0.15, 0.2) is 59.5 Å². The van der Waals surface area contributed by atoms with Gasteiger partial charge in [-0.25, -0.2) is 8.42 Å². The zero-order valence-corrected chi connectivity index (χ0v) is 15.5. The van der Waals surface area contributed by atoms with Crippen molar-refractivity contribution in [2.45, 2.75) is 22.3 Å². The number of benzene rings is 2. The average molecular weight is 385 g/mol. The molecule has 0 radical (unpaired) electrons. The molecule has 0 spiro atoms. The Balaban J connectivity index is 2.03. The van der Waals surface area contributed by atoms with Crippen LogP contribution in [0.4, 0.5) is 4.79 Å². The van der Waals surface area contributed by atoms with Gasteiger partial charge in [0, 0.05) is 12.0 Å². The lowest BCUT2D eigenvalue weighted by atomic mass is 10.2. The number of amides is 2. The summed E-state index contributed by atoms with van der Waals surface area (Å²) in [5, 5.41) is 1.39. The molecule has 0 aromatic heterocycles. The quantitative estimate of drug-likeness (QED) is 0.822. The van der Waals surface area contributed by atoms with Crippen molar-refractivity contribution in [2.24, 2.45) is 0 Å². The smallest absolute Gasteiger partial charge is 0.285 e. The number of carbonyl (C=O) groups is 2. The molecule has 1 unspecified atom stereocenters. The lowest BCUT2D eigenvalue weighted by Crippen LogP contribution is -2.43. The molecule has 3 rings (SSSR count). The van der Waals surface area contributed by atoms with Crippen LogP contribution in [0.5, 0.6) is 0 Å². The molecule has 1 atom stereocenters. The molecular weight excluding hydrogens is 370 g/mol. The first-order chi connectivity index (χ1) is 12.3. The van der Waals surface area contributed by atoms with Crippen molar-refractivity contribution in [1.29, 1.82) is 0 Å². The molecule has 1 aliphatic heterocycles. The Morgan fingerprint density at radius 1 is 1.04 bits per heavy atom. The molecule has 5 nitrogen and oxygen atoms in total. The zero-order valence-electron chi connectivity index (χ0n) is 13.9. The maximum atomic E-state index is 13.2. The van der Waals surface area contributed by atoms with Crippen molar-refractivity contribution in [1.82, 2.24) is 5.32 Å². The van der Waals surface area contributed by atoms with Crippen LogP contribution in [0.2, 0.25) is 0 Å². The third-order valence-corrected chi connectivity index (χ3v) is 7.86. The predicted octanol–water partition coefficient (Wildman–Crippen LogP) is 2.89. The summed E-state index contributed by atoms with van der Waals surface area (Å²) in [6, 6.07) is 15.2. The summed E-state index contributed by atoms with van der Waals surface area (Å²) in [5.41, 5.74) is 1.59. The van der Waals surface area contributed by atoms with E-state index in [1.54, 1.807) is 24.3 Å². The molecule has 2 aromatic rings. The van der Waals surface area contributed by atoms with Crippen LogP contribution in [-0.2, 0) is 14.6 Å². The van der Waals surface area contributed by atoms with E-state index in [1.165, 1.54) is 12.1 Å². The zero-order chi connectivity index (χ0) is 18.8. The lowest BCUT2D eigenvalue weighted by molar-refractivity contribution is -0.119. The molecule has 1 N–H and O–H groups in total. The molecule has 2 amide bonds. The van der Waals surface area contributed by atoms with Crippen molar-refractivity contribution in [2.75, 3.05) is 0 Å². The number of aryl methyl sites for hydroxylation is 1. The third-order valence-electron chi connectivity index (χ3n) is 3.91. The molecule has 0 bridgehead atoms. The Kier molecular flexibility index (Phi) is 4.90. The summed E-state index contributed by atoms with van der Waals surface area (Å²) in [7, 11) is -4.13. The van der Waals surface area contributed by atoms with Crippen molar-refractivity contribution in [3.63, 3.8) is 0 Å². The van der Waals surface area contributed by atoms with Gasteiger partial charge < -0.3 is 0 Å². The van der Waals surface area contributed by atoms with Crippen LogP contribution in [0.1, 0.15) is 17.5 Å². The second kappa shape index (κ2) is 6.98. The van der Waals surface area contributed by atoms with Gasteiger partial charge in [0.2, 0.25) is 13.9 Å². The minimum absolute atomic E-state index is 0.0121. The molecule has 7 heteroatoms. The van der Waals surface area contributed by atoms with Gasteiger partial charge in [-0.3, -0.25) is 14.9 Å². The molecule has 1 saturated heterocycles. The van der Waals surface area contributed by atoms with Gasteiger partial charge in [0.15, 0.2) is 0 Å². The summed E-state index contributed by atoms with van der Waals surface area (Å²) in [5.74, 6) is 4.75. The van der Waals surface area contributed by atoms with Crippen molar-refractivity contribution < 1.29 is 18.0 Å². The average Bonchev–Trinajstić information content (AvgIpc) is 2.91. The lowest BCUT2D eigenvalue weighted by Gasteiger charge is -2.22. The Morgan fingerprint density at radius 2 is 1.69 bits per heavy atom. The Bertz CT molecular complexity index is 1020. The third kappa shape index (κ3) is 3.26. The molecule has 2 aromatic carbocycles. The SMILES string of the molecule is Cc1ccc(S(=O)(=O)C2(CC#Cc3ccccc3)SC(=O)NC2=O)cc1. The first-order valence-corrected chi connectivity index (χ1v) is 10.0. The van der Waals surface area contributed by atoms with E-state index in [-0.39, 0.29) is 11.3 Å². The molecule has 1 heterocycles. The van der Waals surface area contributed by atoms with Gasteiger partial charge in [0.05, 0.1) is 4.90 Å². The summed E-state index contributed by atoms with van der Waals surface area (Å²) < 4.78 is 24.3. The molecule has 0 aliphatic carbocycles. The van der Waals surface area contributed by atoms with Gasteiger partial charge in [-0.15, -0.1) is 0 Å². The summed E-state index contributed by atoms with van der Waals surface area (Å²) >= 11 is 0.472. The number of rotatable bonds is 3. The van der Waals surface area contributed by atoms with E-state index in [9.17, 15) is 18.0 Å². The Labute approximate surface area is 156 Å². The number of nitrogens with one attached hydrogen (secondary N) is 1. The maximum absolute atomic E-state index is 13.2. The topological polar surface area (TPSA) is 80.3 Å². The number of carbonyl (C=O) groups excluding carboxylic acids is 2. The highest BCUT2D eigenvalue weighted by atomic mass is 32.3. The molecule has 26 heavy (non-hydrogen) atoms. The molecule has 0 saturated carbocycles. The molecule has 132 valence electrons. The second-order valence-corrected chi connectivity index (χ2v) is 9.46. The van der Waals surface area contributed by atoms with Gasteiger partial charge in [-0.05, 0) is 43.0 Å². The van der Waals surface area contributed by atoms with Crippen molar-refractivity contribution in [3.05, 3.63) is 65.7 Å². The first kappa shape index (κ1) is 18.2. The van der Waals surface area contributed by atoms with E-state index in [0.717, 1.165) is 5.56 Å². The number of imide groups is 1. The summed E-state index contributed by atoms with van der Waals surface area (Å²) in [4.78, 5) is 24.2. The fourth-order valence-corrected chi connectivity index (χ4v) is 5.61. The largest absolute Gasteiger partial charge is 0.287 e. The van der Waals surface area contributed by atoms with Crippen LogP contribution in [0.3, 0.4) is 0 Å². The Morgan fingerprint density at radius 3 is 2.27 bits per heavy atom. The van der Waals surface area contributed by atoms with Gasteiger partial charge >= 0.3 is 0 Å². The monoisotopic (exact) mass is 385 g/mol. The summed E-state index contributed by atoms with van der Waals surface area (Å²) in [6.45, 7) is 1.83. The summed E-state index contributed by atoms with van der Waals surface area (Å²) in [6.07, 6.45) is -0.291. The van der Waals surface area contributed by atoms with Gasteiger partial charge in [-0.1, -0.05) is 47.7 Å². The highest BCUT2D eigenvalue weighted by Crippen LogP contribution is 2.43. The van der Waals surface area contributed by atoms with Crippen molar-refractivity contribution >= 4 is 32.7 Å². The number of hydrogen-bond donors (Lipinski definition) is 1. The van der Waals surface area contributed by atoms with Gasteiger partial charge in [0.25, 0.3) is 11.1 Å². The maximum Gasteiger partial charge on any atom is 0.287 e. The van der Waals surface area contributed by atoms with E-state index < -0.39 is 25.1 Å². The number of sulfone groups is 1. The van der Waals surface area contributed by atoms with Crippen LogP contribution in [0.25, 0.3) is 0 Å². The molecule has 1 fully saturated rings. The van der Waals surface area contributed by atoms with E-state index >= 15 is 0 Å². The van der Waals surface area contributed by atoms with E-state index in [2.05, 4.69) is 17.2 Å². The standard InChI is InChI=1S/C19H15NO4S2/c1-14-9-11-16(12-10-14)26(23,24)19(17(21)20-18(22)25-19)13-5-8-15-6-3-2-4-7-15/h2-4,6-7,9-12H,13H2,1H3,(H,20,21,22). The second-order valence-electron chi connectivity index (χ2n) is 5.76. The van der Waals surface area contributed by atoms with Gasteiger partial charge in [0.1, 0.15) is 0 Å². The fraction of sp³-hybridized carbons (Fsp3) is 0.158. The van der Waals surface area contributed by atoms with Gasteiger partial charge in [-0.2, -0.15) is 0 Å². The highest BCUT2D eigenvalue weighted by Gasteiger charge is 2.58. The molecular formula is C19H15NO4S2. The fourth-order valence-electron chi connectivity index (χ4n) is 2.49. The van der Waals surface area contributed by atoms with E-state index in [4.69, 9.17) is 0 Å². The predicted molar refractivity (Wildman–Crippen MR) is 100 cm³/mol. The minimum Gasteiger partial charge on any atom is -0.285 e. The highest BCUT2D eigenvalue weighted by molar-refractivity contribution is 8.25.